The van der Waals surface area contributed by atoms with Crippen LogP contribution in [-0.2, 0) is 35.2 Å². The fourth-order valence-electron chi connectivity index (χ4n) is 3.95. The van der Waals surface area contributed by atoms with Crippen molar-refractivity contribution in [2.75, 3.05) is 6.61 Å². The van der Waals surface area contributed by atoms with Crippen molar-refractivity contribution in [3.8, 4) is 11.4 Å². The maximum atomic E-state index is 13.1. The normalized spacial score (nSPS) is 13.6. The van der Waals surface area contributed by atoms with Gasteiger partial charge in [-0.25, -0.2) is 14.3 Å². The van der Waals surface area contributed by atoms with E-state index in [9.17, 15) is 45.8 Å². The number of amides is 1. The van der Waals surface area contributed by atoms with Crippen molar-refractivity contribution in [1.29, 1.82) is 0 Å². The van der Waals surface area contributed by atoms with Crippen LogP contribution in [0.2, 0.25) is 5.02 Å². The second-order valence-corrected chi connectivity index (χ2v) is 9.52. The first-order valence-corrected chi connectivity index (χ1v) is 12.2. The van der Waals surface area contributed by atoms with Crippen LogP contribution in [0.3, 0.4) is 0 Å². The molecule has 0 aliphatic heterocycles. The lowest BCUT2D eigenvalue weighted by Gasteiger charge is -2.17. The lowest BCUT2D eigenvalue weighted by Crippen LogP contribution is -2.37. The monoisotopic (exact) mass is 608 g/mol. The summed E-state index contributed by atoms with van der Waals surface area (Å²) in [5.41, 5.74) is 3.27. The highest BCUT2D eigenvalue weighted by atomic mass is 35.5. The number of halogens is 7. The lowest BCUT2D eigenvalue weighted by molar-refractivity contribution is -0.207. The molecule has 0 spiro atoms. The number of ether oxygens (including phenoxy) is 1. The van der Waals surface area contributed by atoms with Crippen LogP contribution in [0.1, 0.15) is 17.5 Å². The number of nitrogens with two attached hydrogens (primary N) is 1. The van der Waals surface area contributed by atoms with E-state index in [0.717, 1.165) is 12.1 Å². The molecule has 2 aromatic carbocycles. The molecule has 0 aliphatic rings. The smallest absolute Gasteiger partial charge is 0.416 e. The molecule has 0 aliphatic carbocycles. The summed E-state index contributed by atoms with van der Waals surface area (Å²) in [4.78, 5) is 37.0. The SMILES string of the molecule is NC(=O)OC[C@H](CC(=O)Cn1nc(-c2ccc(Cl)cc2)n(C[C@H](O)C(F)(F)F)c1=O)Cc1cccc(C(F)(F)F)c1. The predicted octanol–water partition coefficient (Wildman–Crippen LogP) is 4.22. The maximum absolute atomic E-state index is 13.1. The highest BCUT2D eigenvalue weighted by Gasteiger charge is 2.39. The zero-order chi connectivity index (χ0) is 30.5. The third-order valence-corrected chi connectivity index (χ3v) is 6.09. The van der Waals surface area contributed by atoms with Crippen LogP contribution in [0, 0.1) is 5.92 Å². The van der Waals surface area contributed by atoms with E-state index in [0.29, 0.717) is 9.25 Å². The molecule has 41 heavy (non-hydrogen) atoms. The van der Waals surface area contributed by atoms with Gasteiger partial charge in [-0.3, -0.25) is 9.36 Å². The van der Waals surface area contributed by atoms with Crippen molar-refractivity contribution in [3.05, 3.63) is 75.2 Å². The summed E-state index contributed by atoms with van der Waals surface area (Å²) in [5.74, 6) is -1.83. The zero-order valence-electron chi connectivity index (χ0n) is 21.0. The minimum atomic E-state index is -5.05. The number of hydrogen-bond acceptors (Lipinski definition) is 6. The molecule has 9 nitrogen and oxygen atoms in total. The minimum Gasteiger partial charge on any atom is -0.449 e. The molecule has 3 N–H and O–H groups in total. The molecule has 2 atom stereocenters. The largest absolute Gasteiger partial charge is 0.449 e. The second-order valence-electron chi connectivity index (χ2n) is 9.08. The second kappa shape index (κ2) is 12.8. The van der Waals surface area contributed by atoms with Crippen molar-refractivity contribution >= 4 is 23.5 Å². The standard InChI is InChI=1S/C25H23ClF6N4O5/c26-18-6-4-16(5-7-18)21-34-36(23(40)35(21)12-20(38)25(30,31)32)11-19(37)10-15(13-41-22(33)39)8-14-2-1-3-17(9-14)24(27,28)29/h1-7,9,15,20,38H,8,10-13H2,(H2,33,39)/t15-,20-/m0/s1. The zero-order valence-corrected chi connectivity index (χ0v) is 21.7. The van der Waals surface area contributed by atoms with Crippen LogP contribution in [-0.4, -0.2) is 50.2 Å². The predicted molar refractivity (Wildman–Crippen MR) is 133 cm³/mol. The summed E-state index contributed by atoms with van der Waals surface area (Å²) in [6.45, 7) is -2.38. The van der Waals surface area contributed by atoms with E-state index in [-0.39, 0.29) is 28.4 Å². The summed E-state index contributed by atoms with van der Waals surface area (Å²) in [5, 5.41) is 13.8. The number of aliphatic hydroxyl groups excluding tert-OH is 1. The molecule has 3 rings (SSSR count). The van der Waals surface area contributed by atoms with E-state index in [1.165, 1.54) is 36.4 Å². The Hall–Kier alpha value is -3.85. The Balaban J connectivity index is 1.87. The summed E-state index contributed by atoms with van der Waals surface area (Å²) >= 11 is 5.85. The van der Waals surface area contributed by atoms with Crippen molar-refractivity contribution in [2.45, 2.75) is 44.4 Å². The molecule has 16 heteroatoms. The van der Waals surface area contributed by atoms with Gasteiger partial charge in [-0.15, -0.1) is 5.10 Å². The number of Topliss-reactive ketones (excluding diaryl/α,β-unsaturated/α-hetero) is 1. The number of aromatic nitrogens is 3. The summed E-state index contributed by atoms with van der Waals surface area (Å²) < 4.78 is 84.3. The molecule has 0 fully saturated rings. The Morgan fingerprint density at radius 2 is 1.73 bits per heavy atom. The van der Waals surface area contributed by atoms with Crippen molar-refractivity contribution in [2.24, 2.45) is 11.7 Å². The summed E-state index contributed by atoms with van der Waals surface area (Å²) in [6, 6.07) is 9.83. The van der Waals surface area contributed by atoms with Gasteiger partial charge in [-0.2, -0.15) is 26.3 Å². The van der Waals surface area contributed by atoms with Gasteiger partial charge in [0, 0.05) is 22.9 Å². The van der Waals surface area contributed by atoms with Gasteiger partial charge >= 0.3 is 24.1 Å². The molecule has 1 heterocycles. The number of nitrogens with zero attached hydrogens (tertiary/aromatic N) is 3. The number of carbonyl (C=O) groups is 2. The number of primary amides is 1. The average molecular weight is 609 g/mol. The third kappa shape index (κ3) is 8.82. The fraction of sp³-hybridized carbons (Fsp3) is 0.360. The van der Waals surface area contributed by atoms with Crippen LogP contribution in [0.4, 0.5) is 31.1 Å². The first kappa shape index (κ1) is 31.7. The number of rotatable bonds is 11. The van der Waals surface area contributed by atoms with E-state index in [1.807, 2.05) is 0 Å². The summed E-state index contributed by atoms with van der Waals surface area (Å²) in [7, 11) is 0. The topological polar surface area (TPSA) is 129 Å². The van der Waals surface area contributed by atoms with E-state index in [2.05, 4.69) is 5.10 Å². The number of carbonyl (C=O) groups excluding carboxylic acids is 2. The number of alkyl halides is 6. The molecule has 0 bridgehead atoms. The Kier molecular flexibility index (Phi) is 9.86. The van der Waals surface area contributed by atoms with Crippen molar-refractivity contribution < 1.29 is 45.8 Å². The highest BCUT2D eigenvalue weighted by molar-refractivity contribution is 6.30. The van der Waals surface area contributed by atoms with Crippen LogP contribution in [0.25, 0.3) is 11.4 Å². The summed E-state index contributed by atoms with van der Waals surface area (Å²) in [6.07, 6.45) is -14.3. The van der Waals surface area contributed by atoms with Gasteiger partial charge in [0.15, 0.2) is 17.7 Å². The van der Waals surface area contributed by atoms with Gasteiger partial charge in [-0.1, -0.05) is 29.8 Å². The van der Waals surface area contributed by atoms with Crippen LogP contribution in [0.5, 0.6) is 0 Å². The molecular weight excluding hydrogens is 586 g/mol. The molecular formula is C25H23ClF6N4O5. The average Bonchev–Trinajstić information content (AvgIpc) is 3.16. The number of aliphatic hydroxyl groups is 1. The van der Waals surface area contributed by atoms with Gasteiger partial charge in [0.25, 0.3) is 0 Å². The van der Waals surface area contributed by atoms with Gasteiger partial charge in [0.05, 0.1) is 18.7 Å². The first-order chi connectivity index (χ1) is 19.0. The Labute approximate surface area is 233 Å². The van der Waals surface area contributed by atoms with Crippen LogP contribution < -0.4 is 11.4 Å². The molecule has 222 valence electrons. The van der Waals surface area contributed by atoms with Gasteiger partial charge < -0.3 is 15.6 Å². The van der Waals surface area contributed by atoms with Gasteiger partial charge in [0.2, 0.25) is 0 Å². The molecule has 0 saturated heterocycles. The van der Waals surface area contributed by atoms with Crippen LogP contribution >= 0.6 is 11.6 Å². The Morgan fingerprint density at radius 3 is 2.32 bits per heavy atom. The molecule has 0 saturated carbocycles. The lowest BCUT2D eigenvalue weighted by atomic mass is 9.94. The fourth-order valence-corrected chi connectivity index (χ4v) is 4.08. The van der Waals surface area contributed by atoms with Gasteiger partial charge in [-0.05, 0) is 42.3 Å². The molecule has 1 aromatic heterocycles. The maximum Gasteiger partial charge on any atom is 0.416 e. The number of benzene rings is 2. The van der Waals surface area contributed by atoms with E-state index in [4.69, 9.17) is 22.1 Å². The highest BCUT2D eigenvalue weighted by Crippen LogP contribution is 2.30. The molecule has 0 unspecified atom stereocenters. The molecule has 0 radical (unpaired) electrons. The minimum absolute atomic E-state index is 0.139. The quantitative estimate of drug-likeness (QED) is 0.314. The van der Waals surface area contributed by atoms with E-state index in [1.54, 1.807) is 0 Å². The van der Waals surface area contributed by atoms with E-state index >= 15 is 0 Å². The first-order valence-electron chi connectivity index (χ1n) is 11.8. The van der Waals surface area contributed by atoms with Gasteiger partial charge in [0.1, 0.15) is 6.54 Å². The number of ketones is 1. The van der Waals surface area contributed by atoms with Crippen molar-refractivity contribution in [1.82, 2.24) is 14.3 Å². The van der Waals surface area contributed by atoms with Crippen molar-refractivity contribution in [3.63, 3.8) is 0 Å². The Bertz CT molecular complexity index is 1440. The van der Waals surface area contributed by atoms with E-state index < -0.39 is 73.6 Å². The molecule has 1 amide bonds. The third-order valence-electron chi connectivity index (χ3n) is 5.84. The Morgan fingerprint density at radius 1 is 1.07 bits per heavy atom. The number of hydrogen-bond donors (Lipinski definition) is 2. The van der Waals surface area contributed by atoms with Crippen LogP contribution in [0.15, 0.2) is 53.3 Å². The molecule has 3 aromatic rings.